The summed E-state index contributed by atoms with van der Waals surface area (Å²) in [7, 11) is 0. The molecule has 174 valence electrons. The Morgan fingerprint density at radius 2 is 1.91 bits per heavy atom. The summed E-state index contributed by atoms with van der Waals surface area (Å²) in [4.78, 5) is 13.0. The first kappa shape index (κ1) is 21.6. The molecule has 0 unspecified atom stereocenters. The third kappa shape index (κ3) is 3.57. The number of hydrogen-bond donors (Lipinski definition) is 2. The van der Waals surface area contributed by atoms with Gasteiger partial charge in [-0.25, -0.2) is 4.39 Å². The van der Waals surface area contributed by atoms with Crippen LogP contribution in [-0.2, 0) is 11.3 Å². The Hall–Kier alpha value is -4.21. The summed E-state index contributed by atoms with van der Waals surface area (Å²) in [5.41, 5.74) is 5.90. The highest BCUT2D eigenvalue weighted by Gasteiger charge is 2.31. The van der Waals surface area contributed by atoms with Crippen molar-refractivity contribution in [2.75, 3.05) is 18.5 Å². The molecule has 0 amide bonds. The summed E-state index contributed by atoms with van der Waals surface area (Å²) in [6, 6.07) is 9.14. The van der Waals surface area contributed by atoms with E-state index < -0.39 is 0 Å². The van der Waals surface area contributed by atoms with Crippen LogP contribution in [0.3, 0.4) is 0 Å². The molecule has 5 heterocycles. The van der Waals surface area contributed by atoms with E-state index in [1.807, 2.05) is 36.4 Å². The van der Waals surface area contributed by atoms with E-state index in [4.69, 9.17) is 19.4 Å². The van der Waals surface area contributed by atoms with Gasteiger partial charge in [-0.15, -0.1) is 10.2 Å². The maximum absolute atomic E-state index is 14.7. The van der Waals surface area contributed by atoms with Crippen LogP contribution >= 0.6 is 0 Å². The summed E-state index contributed by atoms with van der Waals surface area (Å²) >= 11 is 0. The number of hydrogen-bond acceptors (Lipinski definition) is 7. The van der Waals surface area contributed by atoms with Crippen molar-refractivity contribution >= 4 is 17.9 Å². The number of nitrogens with one attached hydrogen (secondary N) is 1. The van der Waals surface area contributed by atoms with E-state index in [0.717, 1.165) is 33.8 Å². The largest absolute Gasteiger partial charge is 0.493 e. The standard InChI is InChI=1S/C23H20FN5O2.CH2O2/c1-12-3-4-15(13(2)27-12)16-7-20-23(29-11-26-28-22(16)29)25-8-17-18(24)5-6-19-21(17)14(9-30-19)10-31-20;2-1-3/h3-7,11,14,25H,8-10H2,1-2H3;1H,(H,2,3)/t14-;/m0./s1. The number of halogens is 1. The zero-order valence-corrected chi connectivity index (χ0v) is 18.6. The Bertz CT molecular complexity index is 1400. The SMILES string of the molecule is Cc1ccc(-c2cc3c(n4cnnc24)NCc2c(F)ccc4c2[C@@H](CO4)CO3)c(C)n1.O=CO. The number of nitrogens with zero attached hydrogens (tertiary/aromatic N) is 4. The second-order valence-corrected chi connectivity index (χ2v) is 8.10. The van der Waals surface area contributed by atoms with Crippen LogP contribution in [0.25, 0.3) is 16.8 Å². The maximum atomic E-state index is 14.7. The molecule has 0 saturated heterocycles. The maximum Gasteiger partial charge on any atom is 0.290 e. The second-order valence-electron chi connectivity index (χ2n) is 8.10. The minimum atomic E-state index is -0.250. The van der Waals surface area contributed by atoms with Gasteiger partial charge in [-0.1, -0.05) is 6.07 Å². The lowest BCUT2D eigenvalue weighted by Gasteiger charge is -2.17. The Morgan fingerprint density at radius 1 is 1.15 bits per heavy atom. The van der Waals surface area contributed by atoms with E-state index in [2.05, 4.69) is 20.5 Å². The molecule has 3 aromatic heterocycles. The monoisotopic (exact) mass is 463 g/mol. The average Bonchev–Trinajstić information content (AvgIpc) is 3.46. The fourth-order valence-electron chi connectivity index (χ4n) is 4.55. The van der Waals surface area contributed by atoms with Gasteiger partial charge in [0.1, 0.15) is 17.9 Å². The van der Waals surface area contributed by atoms with Crippen LogP contribution in [0.1, 0.15) is 28.4 Å². The average molecular weight is 463 g/mol. The lowest BCUT2D eigenvalue weighted by Crippen LogP contribution is -2.13. The molecule has 2 aliphatic rings. The number of aromatic nitrogens is 4. The molecule has 0 radical (unpaired) electrons. The van der Waals surface area contributed by atoms with Gasteiger partial charge in [-0.2, -0.15) is 0 Å². The molecule has 10 heteroatoms. The number of carboxylic acid groups (broad SMARTS) is 1. The molecule has 6 rings (SSSR count). The van der Waals surface area contributed by atoms with Crippen molar-refractivity contribution in [2.45, 2.75) is 26.3 Å². The Morgan fingerprint density at radius 3 is 2.68 bits per heavy atom. The Kier molecular flexibility index (Phi) is 5.48. The van der Waals surface area contributed by atoms with Gasteiger partial charge in [0, 0.05) is 40.2 Å². The van der Waals surface area contributed by atoms with Crippen molar-refractivity contribution in [3.05, 3.63) is 65.0 Å². The molecule has 2 N–H and O–H groups in total. The molecule has 0 saturated carbocycles. The topological polar surface area (TPSA) is 111 Å². The number of pyridine rings is 2. The molecule has 1 atom stereocenters. The molecule has 2 aliphatic heterocycles. The number of ether oxygens (including phenoxy) is 2. The predicted octanol–water partition coefficient (Wildman–Crippen LogP) is 3.73. The van der Waals surface area contributed by atoms with Crippen LogP contribution in [-0.4, -0.2) is 44.4 Å². The van der Waals surface area contributed by atoms with Gasteiger partial charge >= 0.3 is 0 Å². The van der Waals surface area contributed by atoms with Gasteiger partial charge in [0.2, 0.25) is 0 Å². The minimum Gasteiger partial charge on any atom is -0.493 e. The third-order valence-corrected chi connectivity index (χ3v) is 6.03. The van der Waals surface area contributed by atoms with Crippen LogP contribution < -0.4 is 14.8 Å². The molecular formula is C24H22FN5O4. The minimum absolute atomic E-state index is 0.0312. The van der Waals surface area contributed by atoms with E-state index in [9.17, 15) is 4.39 Å². The smallest absolute Gasteiger partial charge is 0.290 e. The number of carbonyl (C=O) groups is 1. The fourth-order valence-corrected chi connectivity index (χ4v) is 4.55. The lowest BCUT2D eigenvalue weighted by molar-refractivity contribution is -0.122. The highest BCUT2D eigenvalue weighted by atomic mass is 19.1. The van der Waals surface area contributed by atoms with Crippen molar-refractivity contribution in [1.29, 1.82) is 0 Å². The Balaban J connectivity index is 0.000000764. The van der Waals surface area contributed by atoms with Gasteiger partial charge in [0.05, 0.1) is 19.1 Å². The first-order valence-corrected chi connectivity index (χ1v) is 10.7. The van der Waals surface area contributed by atoms with Crippen molar-refractivity contribution in [3.63, 3.8) is 0 Å². The van der Waals surface area contributed by atoms with Gasteiger partial charge in [0.15, 0.2) is 17.2 Å². The van der Waals surface area contributed by atoms with Crippen LogP contribution in [0.2, 0.25) is 0 Å². The van der Waals surface area contributed by atoms with E-state index in [0.29, 0.717) is 42.5 Å². The van der Waals surface area contributed by atoms with Crippen LogP contribution in [0, 0.1) is 19.7 Å². The lowest BCUT2D eigenvalue weighted by atomic mass is 9.96. The highest BCUT2D eigenvalue weighted by Crippen LogP contribution is 2.42. The molecule has 0 spiro atoms. The first-order valence-electron chi connectivity index (χ1n) is 10.7. The number of aryl methyl sites for hydroxylation is 2. The van der Waals surface area contributed by atoms with Crippen LogP contribution in [0.5, 0.6) is 11.5 Å². The zero-order chi connectivity index (χ0) is 23.8. The Labute approximate surface area is 194 Å². The molecule has 34 heavy (non-hydrogen) atoms. The molecule has 0 bridgehead atoms. The van der Waals surface area contributed by atoms with Gasteiger partial charge in [0.25, 0.3) is 6.47 Å². The number of anilines is 1. The number of fused-ring (bicyclic) bond motifs is 3. The number of rotatable bonds is 1. The van der Waals surface area contributed by atoms with Gasteiger partial charge in [-0.3, -0.25) is 14.2 Å². The van der Waals surface area contributed by atoms with Crippen molar-refractivity contribution in [1.82, 2.24) is 19.6 Å². The summed E-state index contributed by atoms with van der Waals surface area (Å²) in [5, 5.41) is 18.7. The normalized spacial score (nSPS) is 15.8. The second kappa shape index (κ2) is 8.62. The quantitative estimate of drug-likeness (QED) is 0.411. The summed E-state index contributed by atoms with van der Waals surface area (Å²) < 4.78 is 28.6. The van der Waals surface area contributed by atoms with Crippen LogP contribution in [0.4, 0.5) is 10.2 Å². The fraction of sp³-hybridized carbons (Fsp3) is 0.250. The highest BCUT2D eigenvalue weighted by molar-refractivity contribution is 5.83. The zero-order valence-electron chi connectivity index (χ0n) is 18.6. The molecule has 0 aliphatic carbocycles. The summed E-state index contributed by atoms with van der Waals surface area (Å²) in [6.45, 7) is 4.87. The first-order chi connectivity index (χ1) is 16.5. The molecule has 1 aromatic carbocycles. The van der Waals surface area contributed by atoms with E-state index in [1.54, 1.807) is 12.4 Å². The van der Waals surface area contributed by atoms with Gasteiger partial charge in [-0.05, 0) is 38.1 Å². The molecule has 0 fully saturated rings. The van der Waals surface area contributed by atoms with E-state index in [-0.39, 0.29) is 18.2 Å². The third-order valence-electron chi connectivity index (χ3n) is 6.03. The summed E-state index contributed by atoms with van der Waals surface area (Å²) in [5.74, 6) is 1.80. The van der Waals surface area contributed by atoms with Crippen molar-refractivity contribution < 1.29 is 23.8 Å². The molecule has 4 aromatic rings. The summed E-state index contributed by atoms with van der Waals surface area (Å²) in [6.07, 6.45) is 1.64. The van der Waals surface area contributed by atoms with Gasteiger partial charge < -0.3 is 19.9 Å². The van der Waals surface area contributed by atoms with Crippen LogP contribution in [0.15, 0.2) is 36.7 Å². The van der Waals surface area contributed by atoms with Crippen molar-refractivity contribution in [3.8, 4) is 22.6 Å². The predicted molar refractivity (Wildman–Crippen MR) is 122 cm³/mol. The molecule has 9 nitrogen and oxygen atoms in total. The molecular weight excluding hydrogens is 441 g/mol. The van der Waals surface area contributed by atoms with E-state index >= 15 is 0 Å². The van der Waals surface area contributed by atoms with Crippen molar-refractivity contribution in [2.24, 2.45) is 0 Å². The van der Waals surface area contributed by atoms with E-state index in [1.165, 1.54) is 6.07 Å². The number of benzene rings is 1.